The molecule has 0 spiro atoms. The zero-order chi connectivity index (χ0) is 19.3. The minimum Gasteiger partial charge on any atom is -0.507 e. The molecule has 1 fully saturated rings. The Morgan fingerprint density at radius 1 is 1.04 bits per heavy atom. The van der Waals surface area contributed by atoms with Gasteiger partial charge in [0.1, 0.15) is 5.75 Å². The molecule has 2 heterocycles. The number of aromatic nitrogens is 3. The van der Waals surface area contributed by atoms with E-state index in [0.29, 0.717) is 42.1 Å². The molecule has 28 heavy (non-hydrogen) atoms. The van der Waals surface area contributed by atoms with Gasteiger partial charge in [-0.3, -0.25) is 4.90 Å². The lowest BCUT2D eigenvalue weighted by Gasteiger charge is -2.26. The summed E-state index contributed by atoms with van der Waals surface area (Å²) in [5.74, 6) is 1.37. The van der Waals surface area contributed by atoms with Crippen molar-refractivity contribution in [3.8, 4) is 17.1 Å². The van der Waals surface area contributed by atoms with Crippen LogP contribution in [0.4, 0.5) is 0 Å². The smallest absolute Gasteiger partial charge is 0.174 e. The van der Waals surface area contributed by atoms with Crippen LogP contribution >= 0.6 is 11.6 Å². The summed E-state index contributed by atoms with van der Waals surface area (Å²) >= 11 is 6.22. The van der Waals surface area contributed by atoms with Crippen LogP contribution in [0.1, 0.15) is 11.4 Å². The van der Waals surface area contributed by atoms with E-state index < -0.39 is 0 Å². The monoisotopic (exact) mass is 396 g/mol. The highest BCUT2D eigenvalue weighted by atomic mass is 35.5. The first kappa shape index (κ1) is 18.7. The maximum absolute atomic E-state index is 10.3. The summed E-state index contributed by atoms with van der Waals surface area (Å²) in [6.45, 7) is 3.68. The lowest BCUT2D eigenvalue weighted by Crippen LogP contribution is -2.37. The van der Waals surface area contributed by atoms with E-state index in [1.54, 1.807) is 12.1 Å². The highest BCUT2D eigenvalue weighted by molar-refractivity contribution is 6.32. The van der Waals surface area contributed by atoms with Crippen LogP contribution in [0.2, 0.25) is 5.02 Å². The van der Waals surface area contributed by atoms with Crippen molar-refractivity contribution in [2.45, 2.75) is 6.67 Å². The molecule has 4 rings (SSSR count). The topological polar surface area (TPSA) is 63.4 Å². The van der Waals surface area contributed by atoms with Gasteiger partial charge in [-0.1, -0.05) is 41.9 Å². The van der Waals surface area contributed by atoms with E-state index in [9.17, 15) is 5.11 Å². The van der Waals surface area contributed by atoms with Gasteiger partial charge in [-0.25, -0.2) is 9.67 Å². The van der Waals surface area contributed by atoms with Crippen LogP contribution in [0.5, 0.6) is 5.75 Å². The molecular formula is C21H21ClN4O2. The first-order valence-electron chi connectivity index (χ1n) is 9.16. The number of hydrogen-bond donors (Lipinski definition) is 1. The van der Waals surface area contributed by atoms with Crippen LogP contribution in [0.15, 0.2) is 48.5 Å². The molecule has 2 aromatic carbocycles. The Morgan fingerprint density at radius 2 is 1.79 bits per heavy atom. The van der Waals surface area contributed by atoms with E-state index >= 15 is 0 Å². The first-order chi connectivity index (χ1) is 13.7. The zero-order valence-corrected chi connectivity index (χ0v) is 16.1. The van der Waals surface area contributed by atoms with E-state index in [1.807, 2.05) is 53.2 Å². The second kappa shape index (κ2) is 8.56. The van der Waals surface area contributed by atoms with Crippen LogP contribution < -0.4 is 0 Å². The Labute approximate surface area is 168 Å². The molecule has 7 heteroatoms. The number of ether oxygens (including phenoxy) is 1. The minimum absolute atomic E-state index is 0.180. The van der Waals surface area contributed by atoms with Crippen LogP contribution in [0.25, 0.3) is 23.5 Å². The van der Waals surface area contributed by atoms with E-state index in [-0.39, 0.29) is 5.75 Å². The number of phenolic OH excluding ortho intramolecular Hbond substituents is 1. The highest BCUT2D eigenvalue weighted by Crippen LogP contribution is 2.28. The fourth-order valence-corrected chi connectivity index (χ4v) is 3.30. The summed E-state index contributed by atoms with van der Waals surface area (Å²) in [7, 11) is 0. The third-order valence-corrected chi connectivity index (χ3v) is 4.93. The summed E-state index contributed by atoms with van der Waals surface area (Å²) in [6.07, 6.45) is 3.73. The summed E-state index contributed by atoms with van der Waals surface area (Å²) in [4.78, 5) is 6.91. The largest absolute Gasteiger partial charge is 0.507 e. The molecule has 144 valence electrons. The number of benzene rings is 2. The zero-order valence-electron chi connectivity index (χ0n) is 15.3. The van der Waals surface area contributed by atoms with Gasteiger partial charge in [0.25, 0.3) is 0 Å². The molecule has 0 unspecified atom stereocenters. The molecule has 3 aromatic rings. The van der Waals surface area contributed by atoms with Crippen molar-refractivity contribution in [3.63, 3.8) is 0 Å². The second-order valence-corrected chi connectivity index (χ2v) is 6.94. The lowest BCUT2D eigenvalue weighted by atomic mass is 10.2. The van der Waals surface area contributed by atoms with Crippen LogP contribution in [-0.4, -0.2) is 51.1 Å². The number of nitrogens with zero attached hydrogens (tertiary/aromatic N) is 4. The van der Waals surface area contributed by atoms with Gasteiger partial charge < -0.3 is 9.84 Å². The summed E-state index contributed by atoms with van der Waals surface area (Å²) in [5.41, 5.74) is 1.55. The second-order valence-electron chi connectivity index (χ2n) is 6.54. The molecule has 1 aliphatic heterocycles. The van der Waals surface area contributed by atoms with Gasteiger partial charge >= 0.3 is 0 Å². The van der Waals surface area contributed by atoms with E-state index in [4.69, 9.17) is 16.3 Å². The van der Waals surface area contributed by atoms with Crippen LogP contribution in [0.3, 0.4) is 0 Å². The average molecular weight is 397 g/mol. The SMILES string of the molecule is Oc1ccccc1-c1nc(/C=C/c2ccccc2Cl)nn1CN1CCOCC1. The molecule has 0 saturated carbocycles. The van der Waals surface area contributed by atoms with Gasteiger partial charge in [-0.15, -0.1) is 5.10 Å². The molecular weight excluding hydrogens is 376 g/mol. The molecule has 0 radical (unpaired) electrons. The van der Waals surface area contributed by atoms with Crippen molar-refractivity contribution in [1.29, 1.82) is 0 Å². The number of hydrogen-bond acceptors (Lipinski definition) is 5. The van der Waals surface area contributed by atoms with E-state index in [0.717, 1.165) is 18.7 Å². The fourth-order valence-electron chi connectivity index (χ4n) is 3.10. The molecule has 6 nitrogen and oxygen atoms in total. The summed E-state index contributed by atoms with van der Waals surface area (Å²) in [5, 5.41) is 15.6. The predicted octanol–water partition coefficient (Wildman–Crippen LogP) is 3.76. The maximum Gasteiger partial charge on any atom is 0.174 e. The molecule has 1 N–H and O–H groups in total. The Hall–Kier alpha value is -2.67. The van der Waals surface area contributed by atoms with Gasteiger partial charge in [0.05, 0.1) is 25.4 Å². The Kier molecular flexibility index (Phi) is 5.71. The summed E-state index contributed by atoms with van der Waals surface area (Å²) < 4.78 is 7.25. The Bertz CT molecular complexity index is 980. The first-order valence-corrected chi connectivity index (χ1v) is 9.54. The fraction of sp³-hybridized carbons (Fsp3) is 0.238. The standard InChI is InChI=1S/C21H21ClN4O2/c22-18-7-3-1-5-16(18)9-10-20-23-21(17-6-2-4-8-19(17)27)26(24-20)15-25-11-13-28-14-12-25/h1-10,27H,11-15H2/b10-9+. The highest BCUT2D eigenvalue weighted by Gasteiger charge is 2.18. The van der Waals surface area contributed by atoms with E-state index in [2.05, 4.69) is 15.0 Å². The minimum atomic E-state index is 0.180. The van der Waals surface area contributed by atoms with Crippen molar-refractivity contribution in [2.24, 2.45) is 0 Å². The molecule has 0 atom stereocenters. The number of halogens is 1. The molecule has 1 aliphatic rings. The molecule has 0 bridgehead atoms. The van der Waals surface area contributed by atoms with Gasteiger partial charge in [-0.2, -0.15) is 0 Å². The van der Waals surface area contributed by atoms with Gasteiger partial charge in [0, 0.05) is 18.1 Å². The maximum atomic E-state index is 10.3. The van der Waals surface area contributed by atoms with Crippen LogP contribution in [0, 0.1) is 0 Å². The predicted molar refractivity (Wildman–Crippen MR) is 110 cm³/mol. The Morgan fingerprint density at radius 3 is 2.57 bits per heavy atom. The quantitative estimate of drug-likeness (QED) is 0.711. The Balaban J connectivity index is 1.67. The van der Waals surface area contributed by atoms with Crippen molar-refractivity contribution in [3.05, 3.63) is 64.9 Å². The third-order valence-electron chi connectivity index (χ3n) is 4.59. The molecule has 1 aromatic heterocycles. The third kappa shape index (κ3) is 4.25. The van der Waals surface area contributed by atoms with Gasteiger partial charge in [0.2, 0.25) is 0 Å². The van der Waals surface area contributed by atoms with Crippen LogP contribution in [-0.2, 0) is 11.4 Å². The van der Waals surface area contributed by atoms with Crippen molar-refractivity contribution in [1.82, 2.24) is 19.7 Å². The normalized spacial score (nSPS) is 15.3. The number of para-hydroxylation sites is 1. The number of aromatic hydroxyl groups is 1. The number of rotatable bonds is 5. The van der Waals surface area contributed by atoms with Gasteiger partial charge in [-0.05, 0) is 35.9 Å². The van der Waals surface area contributed by atoms with Crippen molar-refractivity contribution in [2.75, 3.05) is 26.3 Å². The molecule has 1 saturated heterocycles. The van der Waals surface area contributed by atoms with Gasteiger partial charge in [0.15, 0.2) is 11.6 Å². The number of morpholine rings is 1. The van der Waals surface area contributed by atoms with E-state index in [1.165, 1.54) is 0 Å². The number of phenols is 1. The van der Waals surface area contributed by atoms with Crippen molar-refractivity contribution < 1.29 is 9.84 Å². The lowest BCUT2D eigenvalue weighted by molar-refractivity contribution is 0.0216. The molecule has 0 aliphatic carbocycles. The van der Waals surface area contributed by atoms with Crippen molar-refractivity contribution >= 4 is 23.8 Å². The average Bonchev–Trinajstić information content (AvgIpc) is 3.11. The summed E-state index contributed by atoms with van der Waals surface area (Å²) in [6, 6.07) is 14.8. The molecule has 0 amide bonds.